The van der Waals surface area contributed by atoms with E-state index in [2.05, 4.69) is 20.6 Å². The molecule has 1 aromatic heterocycles. The van der Waals surface area contributed by atoms with Crippen LogP contribution in [0.1, 0.15) is 12.8 Å². The molecule has 1 aliphatic rings. The molecule has 1 amide bonds. The van der Waals surface area contributed by atoms with Crippen molar-refractivity contribution < 1.29 is 28.1 Å². The fourth-order valence-corrected chi connectivity index (χ4v) is 4.39. The third-order valence-electron chi connectivity index (χ3n) is 6.00. The number of nitrogens with one attached hydrogen (secondary N) is 2. The predicted molar refractivity (Wildman–Crippen MR) is 145 cm³/mol. The number of carbonyl (C=O) groups is 1. The zero-order valence-electron chi connectivity index (χ0n) is 20.5. The van der Waals surface area contributed by atoms with Crippen molar-refractivity contribution >= 4 is 56.9 Å². The van der Waals surface area contributed by atoms with Gasteiger partial charge in [0.25, 0.3) is 17.2 Å². The van der Waals surface area contributed by atoms with Gasteiger partial charge >= 0.3 is 0 Å². The summed E-state index contributed by atoms with van der Waals surface area (Å²) in [5.74, 6) is 0.806. The summed E-state index contributed by atoms with van der Waals surface area (Å²) in [5.41, 5.74) is 0.873. The van der Waals surface area contributed by atoms with Gasteiger partial charge in [-0.1, -0.05) is 18.2 Å². The van der Waals surface area contributed by atoms with Gasteiger partial charge in [-0.25, -0.2) is 18.5 Å². The molecule has 1 aliphatic carbocycles. The van der Waals surface area contributed by atoms with Gasteiger partial charge < -0.3 is 25.2 Å². The third-order valence-corrected chi connectivity index (χ3v) is 6.70. The van der Waals surface area contributed by atoms with Crippen molar-refractivity contribution in [2.45, 2.75) is 18.4 Å². The fourth-order valence-electron chi connectivity index (χ4n) is 3.82. The number of benzene rings is 3. The van der Waals surface area contributed by atoms with Crippen molar-refractivity contribution in [1.29, 1.82) is 0 Å². The lowest BCUT2D eigenvalue weighted by Gasteiger charge is -2.23. The van der Waals surface area contributed by atoms with Crippen LogP contribution in [0.5, 0.6) is 11.5 Å². The van der Waals surface area contributed by atoms with E-state index in [0.29, 0.717) is 46.7 Å². The van der Waals surface area contributed by atoms with E-state index in [0.717, 1.165) is 4.31 Å². The van der Waals surface area contributed by atoms with Gasteiger partial charge in [0.05, 0.1) is 30.9 Å². The summed E-state index contributed by atoms with van der Waals surface area (Å²) in [6, 6.07) is 18.7. The van der Waals surface area contributed by atoms with E-state index in [1.54, 1.807) is 54.6 Å². The van der Waals surface area contributed by atoms with Crippen LogP contribution in [0.25, 0.3) is 11.0 Å². The SMILES string of the molecule is COc1cc(Nc2nc3ccccc3nc2N(c2cccc(NC(=O)C3(O)CC3)c2)S(=O)O)cc(OC)c1. The number of aliphatic hydroxyl groups is 1. The van der Waals surface area contributed by atoms with Gasteiger partial charge in [0.15, 0.2) is 11.6 Å². The average molecular weight is 536 g/mol. The summed E-state index contributed by atoms with van der Waals surface area (Å²) in [5, 5.41) is 15.9. The molecule has 0 spiro atoms. The van der Waals surface area contributed by atoms with Crippen molar-refractivity contribution in [2.75, 3.05) is 29.2 Å². The molecule has 0 radical (unpaired) electrons. The molecule has 1 unspecified atom stereocenters. The molecule has 38 heavy (non-hydrogen) atoms. The maximum absolute atomic E-state index is 12.7. The van der Waals surface area contributed by atoms with Crippen LogP contribution in [0.15, 0.2) is 66.7 Å². The number of amides is 1. The molecule has 1 heterocycles. The number of hydrogen-bond donors (Lipinski definition) is 4. The molecule has 0 saturated heterocycles. The molecular formula is C26H25N5O6S. The highest BCUT2D eigenvalue weighted by atomic mass is 32.2. The fraction of sp³-hybridized carbons (Fsp3) is 0.192. The molecule has 196 valence electrons. The van der Waals surface area contributed by atoms with Gasteiger partial charge in [-0.2, -0.15) is 0 Å². The van der Waals surface area contributed by atoms with Crippen molar-refractivity contribution in [3.05, 3.63) is 66.7 Å². The standard InChI is InChI=1S/C26H25N5O6S/c1-36-19-13-17(14-20(15-19)37-2)27-23-24(30-22-9-4-3-8-21(22)29-23)31(38(34)35)18-7-5-6-16(12-18)28-25(32)26(33)10-11-26/h3-9,12-15,33H,10-11H2,1-2H3,(H,27,29)(H,28,32)(H,34,35). The Labute approximate surface area is 220 Å². The summed E-state index contributed by atoms with van der Waals surface area (Å²) >= 11 is -2.57. The Balaban J connectivity index is 1.59. The van der Waals surface area contributed by atoms with Crippen LogP contribution in [-0.4, -0.2) is 49.6 Å². The number of rotatable bonds is 9. The van der Waals surface area contributed by atoms with Gasteiger partial charge in [-0.15, -0.1) is 0 Å². The molecule has 4 N–H and O–H groups in total. The Kier molecular flexibility index (Phi) is 6.85. The molecular weight excluding hydrogens is 510 g/mol. The molecule has 0 bridgehead atoms. The Morgan fingerprint density at radius 1 is 0.947 bits per heavy atom. The quantitative estimate of drug-likeness (QED) is 0.232. The summed E-state index contributed by atoms with van der Waals surface area (Å²) in [4.78, 5) is 21.7. The lowest BCUT2D eigenvalue weighted by atomic mass is 10.2. The highest BCUT2D eigenvalue weighted by Gasteiger charge is 2.48. The van der Waals surface area contributed by atoms with Gasteiger partial charge in [0.2, 0.25) is 0 Å². The normalized spacial score (nSPS) is 14.4. The Hall–Kier alpha value is -4.26. The Morgan fingerprint density at radius 2 is 1.61 bits per heavy atom. The number of methoxy groups -OCH3 is 2. The molecule has 1 saturated carbocycles. The molecule has 1 fully saturated rings. The second-order valence-corrected chi connectivity index (χ2v) is 9.50. The van der Waals surface area contributed by atoms with Crippen molar-refractivity contribution in [2.24, 2.45) is 0 Å². The van der Waals surface area contributed by atoms with E-state index in [1.807, 2.05) is 6.07 Å². The van der Waals surface area contributed by atoms with Gasteiger partial charge in [-0.05, 0) is 43.2 Å². The van der Waals surface area contributed by atoms with E-state index >= 15 is 0 Å². The van der Waals surface area contributed by atoms with E-state index in [4.69, 9.17) is 9.47 Å². The van der Waals surface area contributed by atoms with Crippen LogP contribution in [0.2, 0.25) is 0 Å². The number of para-hydroxylation sites is 2. The number of ether oxygens (including phenoxy) is 2. The Bertz CT molecular complexity index is 1520. The maximum atomic E-state index is 12.7. The molecule has 5 rings (SSSR count). The molecule has 4 aromatic rings. The lowest BCUT2D eigenvalue weighted by molar-refractivity contribution is -0.125. The molecule has 0 aliphatic heterocycles. The number of hydrogen-bond acceptors (Lipinski definition) is 8. The molecule has 12 heteroatoms. The lowest BCUT2D eigenvalue weighted by Crippen LogP contribution is -2.29. The highest BCUT2D eigenvalue weighted by Crippen LogP contribution is 2.38. The third kappa shape index (κ3) is 5.23. The zero-order chi connectivity index (χ0) is 26.9. The highest BCUT2D eigenvalue weighted by molar-refractivity contribution is 7.81. The number of carbonyl (C=O) groups excluding carboxylic acids is 1. The molecule has 3 aromatic carbocycles. The van der Waals surface area contributed by atoms with Crippen molar-refractivity contribution in [3.63, 3.8) is 0 Å². The second kappa shape index (κ2) is 10.2. The first-order chi connectivity index (χ1) is 18.3. The minimum absolute atomic E-state index is 0.0654. The smallest absolute Gasteiger partial charge is 0.268 e. The van der Waals surface area contributed by atoms with Crippen molar-refractivity contribution in [3.8, 4) is 11.5 Å². The maximum Gasteiger partial charge on any atom is 0.268 e. The second-order valence-electron chi connectivity index (χ2n) is 8.67. The average Bonchev–Trinajstić information content (AvgIpc) is 3.67. The first-order valence-electron chi connectivity index (χ1n) is 11.6. The van der Waals surface area contributed by atoms with Crippen LogP contribution < -0.4 is 24.4 Å². The van der Waals surface area contributed by atoms with E-state index in [1.165, 1.54) is 20.3 Å². The van der Waals surface area contributed by atoms with Crippen LogP contribution in [0.3, 0.4) is 0 Å². The molecule has 1 atom stereocenters. The monoisotopic (exact) mass is 535 g/mol. The van der Waals surface area contributed by atoms with Crippen LogP contribution in [0, 0.1) is 0 Å². The summed E-state index contributed by atoms with van der Waals surface area (Å²) in [6.07, 6.45) is 0.782. The number of anilines is 5. The van der Waals surface area contributed by atoms with Gasteiger partial charge in [0.1, 0.15) is 17.1 Å². The predicted octanol–water partition coefficient (Wildman–Crippen LogP) is 4.13. The van der Waals surface area contributed by atoms with Gasteiger partial charge in [0, 0.05) is 29.6 Å². The first kappa shape index (κ1) is 25.4. The first-order valence-corrected chi connectivity index (χ1v) is 12.7. The minimum Gasteiger partial charge on any atom is -0.497 e. The van der Waals surface area contributed by atoms with Crippen LogP contribution in [0.4, 0.5) is 28.7 Å². The van der Waals surface area contributed by atoms with E-state index < -0.39 is 22.8 Å². The topological polar surface area (TPSA) is 146 Å². The summed E-state index contributed by atoms with van der Waals surface area (Å²) < 4.78 is 34.9. The minimum atomic E-state index is -2.57. The largest absolute Gasteiger partial charge is 0.497 e. The summed E-state index contributed by atoms with van der Waals surface area (Å²) in [7, 11) is 3.06. The zero-order valence-corrected chi connectivity index (χ0v) is 21.4. The summed E-state index contributed by atoms with van der Waals surface area (Å²) in [6.45, 7) is 0. The van der Waals surface area contributed by atoms with Crippen LogP contribution >= 0.6 is 0 Å². The van der Waals surface area contributed by atoms with Crippen LogP contribution in [-0.2, 0) is 16.1 Å². The number of aromatic nitrogens is 2. The van der Waals surface area contributed by atoms with Gasteiger partial charge in [-0.3, -0.25) is 9.35 Å². The van der Waals surface area contributed by atoms with E-state index in [9.17, 15) is 18.7 Å². The number of nitrogens with zero attached hydrogens (tertiary/aromatic N) is 3. The Morgan fingerprint density at radius 3 is 2.21 bits per heavy atom. The number of fused-ring (bicyclic) bond motifs is 1. The van der Waals surface area contributed by atoms with E-state index in [-0.39, 0.29) is 17.3 Å². The molecule has 11 nitrogen and oxygen atoms in total. The van der Waals surface area contributed by atoms with Crippen molar-refractivity contribution in [1.82, 2.24) is 9.97 Å².